The maximum Gasteiger partial charge on any atom is 0.146 e. The number of hydrogen-bond acceptors (Lipinski definition) is 3. The first-order valence-corrected chi connectivity index (χ1v) is 5.66. The van der Waals surface area contributed by atoms with Crippen LogP contribution in [0.5, 0.6) is 0 Å². The largest absolute Gasteiger partial charge is 0.391 e. The van der Waals surface area contributed by atoms with E-state index in [2.05, 4.69) is 5.16 Å². The van der Waals surface area contributed by atoms with Gasteiger partial charge in [-0.25, -0.2) is 0 Å². The molecule has 82 valence electrons. The molecule has 1 aromatic rings. The van der Waals surface area contributed by atoms with Crippen molar-refractivity contribution in [3.63, 3.8) is 0 Å². The zero-order valence-electron chi connectivity index (χ0n) is 8.52. The zero-order valence-corrected chi connectivity index (χ0v) is 9.28. The number of nitrogens with zero attached hydrogens (tertiary/aromatic N) is 1. The molecule has 3 nitrogen and oxygen atoms in total. The van der Waals surface area contributed by atoms with Gasteiger partial charge in [0.1, 0.15) is 23.5 Å². The van der Waals surface area contributed by atoms with Crippen molar-refractivity contribution in [1.82, 2.24) is 0 Å². The molecule has 1 aliphatic heterocycles. The second-order valence-corrected chi connectivity index (χ2v) is 4.55. The van der Waals surface area contributed by atoms with Crippen molar-refractivity contribution >= 4 is 23.1 Å². The molecule has 0 aromatic heterocycles. The van der Waals surface area contributed by atoms with E-state index in [4.69, 9.17) is 16.4 Å². The predicted molar refractivity (Wildman–Crippen MR) is 60.6 cm³/mol. The van der Waals surface area contributed by atoms with E-state index in [-0.39, 0.29) is 17.8 Å². The fourth-order valence-corrected chi connectivity index (χ4v) is 2.42. The highest BCUT2D eigenvalue weighted by atomic mass is 35.5. The lowest BCUT2D eigenvalue weighted by atomic mass is 9.94. The van der Waals surface area contributed by atoms with E-state index in [0.29, 0.717) is 11.4 Å². The lowest BCUT2D eigenvalue weighted by Gasteiger charge is -2.07. The average molecular weight is 236 g/mol. The molecule has 2 aliphatic rings. The van der Waals surface area contributed by atoms with Crippen LogP contribution in [0.3, 0.4) is 0 Å². The van der Waals surface area contributed by atoms with Gasteiger partial charge in [0, 0.05) is 17.0 Å². The fraction of sp³-hybridized carbons (Fsp3) is 0.333. The molecular formula is C12H10ClNO2. The highest BCUT2D eigenvalue weighted by molar-refractivity contribution is 6.30. The minimum absolute atomic E-state index is 0.0434. The molecule has 0 unspecified atom stereocenters. The molecule has 0 saturated heterocycles. The lowest BCUT2D eigenvalue weighted by molar-refractivity contribution is -0.119. The number of ketones is 1. The third-order valence-corrected chi connectivity index (χ3v) is 3.37. The van der Waals surface area contributed by atoms with Crippen molar-refractivity contribution in [2.24, 2.45) is 11.1 Å². The number of benzene rings is 1. The van der Waals surface area contributed by atoms with Crippen LogP contribution in [0.4, 0.5) is 0 Å². The maximum absolute atomic E-state index is 11.7. The summed E-state index contributed by atoms with van der Waals surface area (Å²) in [4.78, 5) is 17.0. The molecule has 1 aliphatic carbocycles. The molecule has 0 amide bonds. The molecule has 1 saturated carbocycles. The van der Waals surface area contributed by atoms with Crippen LogP contribution in [0.25, 0.3) is 0 Å². The normalized spacial score (nSPS) is 27.6. The second-order valence-electron chi connectivity index (χ2n) is 4.11. The standard InChI is InChI=1S/C12H10ClNO2/c13-8-3-1-7(2-4-8)12-11-9(15)5-6-10(11)16-14-12/h1-4,10-11H,5-6H2/t10-,11+/m0/s1. The van der Waals surface area contributed by atoms with Gasteiger partial charge in [0.15, 0.2) is 0 Å². The van der Waals surface area contributed by atoms with Gasteiger partial charge >= 0.3 is 0 Å². The van der Waals surface area contributed by atoms with Crippen LogP contribution in [0.2, 0.25) is 5.02 Å². The highest BCUT2D eigenvalue weighted by Crippen LogP contribution is 2.33. The van der Waals surface area contributed by atoms with E-state index in [1.165, 1.54) is 0 Å². The topological polar surface area (TPSA) is 38.7 Å². The minimum Gasteiger partial charge on any atom is -0.391 e. The van der Waals surface area contributed by atoms with Crippen molar-refractivity contribution in [3.8, 4) is 0 Å². The zero-order chi connectivity index (χ0) is 11.1. The number of oxime groups is 1. The Labute approximate surface area is 98.0 Å². The molecule has 0 bridgehead atoms. The molecule has 0 N–H and O–H groups in total. The molecule has 1 heterocycles. The molecule has 0 radical (unpaired) electrons. The van der Waals surface area contributed by atoms with E-state index in [1.807, 2.05) is 12.1 Å². The summed E-state index contributed by atoms with van der Waals surface area (Å²) < 4.78 is 0. The monoisotopic (exact) mass is 235 g/mol. The number of rotatable bonds is 1. The van der Waals surface area contributed by atoms with Gasteiger partial charge in [-0.15, -0.1) is 0 Å². The summed E-state index contributed by atoms with van der Waals surface area (Å²) in [5.74, 6) is 0.0670. The van der Waals surface area contributed by atoms with E-state index in [1.54, 1.807) is 12.1 Å². The Morgan fingerprint density at radius 3 is 2.81 bits per heavy atom. The molecule has 16 heavy (non-hydrogen) atoms. The SMILES string of the molecule is O=C1CC[C@@H]2ON=C(c3ccc(Cl)cc3)[C@H]12. The number of Topliss-reactive ketones (excluding diaryl/α,β-unsaturated/α-hetero) is 1. The quantitative estimate of drug-likeness (QED) is 0.750. The van der Waals surface area contributed by atoms with Gasteiger partial charge in [0.05, 0.1) is 0 Å². The average Bonchev–Trinajstić information content (AvgIpc) is 2.84. The summed E-state index contributed by atoms with van der Waals surface area (Å²) in [7, 11) is 0. The first-order valence-electron chi connectivity index (χ1n) is 5.28. The number of fused-ring (bicyclic) bond motifs is 1. The van der Waals surface area contributed by atoms with Gasteiger partial charge in [-0.1, -0.05) is 28.9 Å². The number of halogens is 1. The number of carbonyl (C=O) groups is 1. The van der Waals surface area contributed by atoms with Gasteiger partial charge in [0.2, 0.25) is 0 Å². The summed E-state index contributed by atoms with van der Waals surface area (Å²) in [6.07, 6.45) is 1.34. The van der Waals surface area contributed by atoms with Crippen molar-refractivity contribution in [2.45, 2.75) is 18.9 Å². The minimum atomic E-state index is -0.166. The predicted octanol–water partition coefficient (Wildman–Crippen LogP) is 2.42. The van der Waals surface area contributed by atoms with Crippen molar-refractivity contribution < 1.29 is 9.63 Å². The Hall–Kier alpha value is -1.35. The third kappa shape index (κ3) is 1.43. The van der Waals surface area contributed by atoms with Crippen LogP contribution in [0, 0.1) is 5.92 Å². The Morgan fingerprint density at radius 1 is 1.31 bits per heavy atom. The maximum atomic E-state index is 11.7. The molecule has 3 rings (SSSR count). The highest BCUT2D eigenvalue weighted by Gasteiger charge is 2.44. The van der Waals surface area contributed by atoms with Crippen LogP contribution in [0.15, 0.2) is 29.4 Å². The van der Waals surface area contributed by atoms with Crippen LogP contribution < -0.4 is 0 Å². The van der Waals surface area contributed by atoms with Gasteiger partial charge in [-0.2, -0.15) is 0 Å². The van der Waals surface area contributed by atoms with E-state index in [0.717, 1.165) is 17.7 Å². The van der Waals surface area contributed by atoms with Crippen LogP contribution in [-0.4, -0.2) is 17.6 Å². The molecule has 4 heteroatoms. The van der Waals surface area contributed by atoms with E-state index < -0.39 is 0 Å². The summed E-state index contributed by atoms with van der Waals surface area (Å²) in [5, 5.41) is 4.70. The third-order valence-electron chi connectivity index (χ3n) is 3.11. The summed E-state index contributed by atoms with van der Waals surface area (Å²) in [6, 6.07) is 7.34. The smallest absolute Gasteiger partial charge is 0.146 e. The Bertz CT molecular complexity index is 466. The molecular weight excluding hydrogens is 226 g/mol. The van der Waals surface area contributed by atoms with E-state index >= 15 is 0 Å². The van der Waals surface area contributed by atoms with Crippen LogP contribution in [-0.2, 0) is 9.63 Å². The molecule has 1 fully saturated rings. The fourth-order valence-electron chi connectivity index (χ4n) is 2.29. The Morgan fingerprint density at radius 2 is 2.06 bits per heavy atom. The first kappa shape index (κ1) is 9.85. The molecule has 1 aromatic carbocycles. The van der Waals surface area contributed by atoms with Crippen LogP contribution >= 0.6 is 11.6 Å². The number of hydrogen-bond donors (Lipinski definition) is 0. The van der Waals surface area contributed by atoms with Gasteiger partial charge in [0.25, 0.3) is 0 Å². The van der Waals surface area contributed by atoms with Gasteiger partial charge in [-0.3, -0.25) is 4.79 Å². The van der Waals surface area contributed by atoms with Crippen molar-refractivity contribution in [1.29, 1.82) is 0 Å². The summed E-state index contributed by atoms with van der Waals surface area (Å²) in [5.41, 5.74) is 1.68. The molecule has 0 spiro atoms. The van der Waals surface area contributed by atoms with Crippen molar-refractivity contribution in [3.05, 3.63) is 34.9 Å². The second kappa shape index (κ2) is 3.59. The summed E-state index contributed by atoms with van der Waals surface area (Å²) >= 11 is 5.82. The van der Waals surface area contributed by atoms with Gasteiger partial charge < -0.3 is 4.84 Å². The molecule has 2 atom stereocenters. The Balaban J connectivity index is 1.96. The first-order chi connectivity index (χ1) is 7.75. The summed E-state index contributed by atoms with van der Waals surface area (Å²) in [6.45, 7) is 0. The van der Waals surface area contributed by atoms with Gasteiger partial charge in [-0.05, 0) is 18.6 Å². The van der Waals surface area contributed by atoms with Crippen LogP contribution in [0.1, 0.15) is 18.4 Å². The van der Waals surface area contributed by atoms with E-state index in [9.17, 15) is 4.79 Å². The lowest BCUT2D eigenvalue weighted by Crippen LogP contribution is -2.23. The Kier molecular flexibility index (Phi) is 2.21. The number of carbonyl (C=O) groups excluding carboxylic acids is 1. The van der Waals surface area contributed by atoms with Crippen molar-refractivity contribution in [2.75, 3.05) is 0 Å².